The van der Waals surface area contributed by atoms with Gasteiger partial charge in [-0.3, -0.25) is 4.79 Å². The highest BCUT2D eigenvalue weighted by Gasteiger charge is 2.25. The summed E-state index contributed by atoms with van der Waals surface area (Å²) in [7, 11) is 0. The summed E-state index contributed by atoms with van der Waals surface area (Å²) >= 11 is 0. The van der Waals surface area contributed by atoms with Crippen LogP contribution in [0.2, 0.25) is 0 Å². The zero-order valence-electron chi connectivity index (χ0n) is 18.2. The van der Waals surface area contributed by atoms with Gasteiger partial charge in [0.15, 0.2) is 5.82 Å². The van der Waals surface area contributed by atoms with Crippen LogP contribution < -0.4 is 10.9 Å². The molecule has 3 heterocycles. The zero-order valence-corrected chi connectivity index (χ0v) is 18.2. The van der Waals surface area contributed by atoms with Crippen molar-refractivity contribution < 1.29 is 0 Å². The van der Waals surface area contributed by atoms with Crippen LogP contribution in [0.15, 0.2) is 72.0 Å². The molecule has 8 heteroatoms. The number of nitrogens with one attached hydrogen (secondary N) is 2. The molecule has 3 aromatic heterocycles. The Morgan fingerprint density at radius 1 is 1.12 bits per heavy atom. The molecule has 1 aliphatic rings. The lowest BCUT2D eigenvalue weighted by Crippen LogP contribution is -2.06. The molecular formula is C25H23N7O. The maximum Gasteiger partial charge on any atom is 0.255 e. The van der Waals surface area contributed by atoms with Crippen LogP contribution in [0.4, 0.5) is 11.6 Å². The van der Waals surface area contributed by atoms with Crippen molar-refractivity contribution in [1.82, 2.24) is 29.3 Å². The largest absolute Gasteiger partial charge is 0.329 e. The summed E-state index contributed by atoms with van der Waals surface area (Å²) in [6, 6.07) is 15.7. The fraction of sp³-hybridized carbons (Fsp3) is 0.200. The van der Waals surface area contributed by atoms with E-state index in [2.05, 4.69) is 43.3 Å². The predicted octanol–water partition coefficient (Wildman–Crippen LogP) is 4.61. The summed E-state index contributed by atoms with van der Waals surface area (Å²) in [5.41, 5.74) is 3.94. The quantitative estimate of drug-likeness (QED) is 0.405. The Kier molecular flexibility index (Phi) is 4.57. The number of anilines is 2. The topological polar surface area (TPSA) is 93.4 Å². The molecule has 1 fully saturated rings. The number of nitrogens with zero attached hydrogens (tertiary/aromatic N) is 5. The van der Waals surface area contributed by atoms with Gasteiger partial charge in [0.1, 0.15) is 0 Å². The average Bonchev–Trinajstić information content (AvgIpc) is 3.43. The number of rotatable bonds is 6. The highest BCUT2D eigenvalue weighted by Crippen LogP contribution is 2.39. The smallest absolute Gasteiger partial charge is 0.255 e. The fourth-order valence-electron chi connectivity index (χ4n) is 4.03. The van der Waals surface area contributed by atoms with Crippen molar-refractivity contribution >= 4 is 22.4 Å². The van der Waals surface area contributed by atoms with E-state index in [1.54, 1.807) is 6.20 Å². The number of pyridine rings is 1. The minimum atomic E-state index is -0.0963. The molecule has 6 rings (SSSR count). The second-order valence-electron chi connectivity index (χ2n) is 8.34. The van der Waals surface area contributed by atoms with Crippen LogP contribution in [0.25, 0.3) is 27.8 Å². The summed E-state index contributed by atoms with van der Waals surface area (Å²) in [6.07, 6.45) is 8.15. The molecular weight excluding hydrogens is 414 g/mol. The van der Waals surface area contributed by atoms with Crippen molar-refractivity contribution in [2.75, 3.05) is 5.32 Å². The van der Waals surface area contributed by atoms with Gasteiger partial charge in [-0.25, -0.2) is 9.67 Å². The first-order valence-corrected chi connectivity index (χ1v) is 11.2. The van der Waals surface area contributed by atoms with Crippen molar-refractivity contribution in [2.24, 2.45) is 0 Å². The van der Waals surface area contributed by atoms with Gasteiger partial charge >= 0.3 is 0 Å². The maximum atomic E-state index is 11.9. The average molecular weight is 438 g/mol. The van der Waals surface area contributed by atoms with Crippen LogP contribution in [-0.4, -0.2) is 29.3 Å². The van der Waals surface area contributed by atoms with Crippen LogP contribution in [-0.2, 0) is 6.54 Å². The van der Waals surface area contributed by atoms with E-state index >= 15 is 0 Å². The van der Waals surface area contributed by atoms with Crippen LogP contribution in [0.1, 0.15) is 31.4 Å². The Bertz CT molecular complexity index is 1510. The minimum Gasteiger partial charge on any atom is -0.329 e. The summed E-state index contributed by atoms with van der Waals surface area (Å²) in [4.78, 5) is 23.9. The van der Waals surface area contributed by atoms with Crippen molar-refractivity contribution in [1.29, 1.82) is 0 Å². The third-order valence-electron chi connectivity index (χ3n) is 6.02. The number of hydrogen-bond acceptors (Lipinski definition) is 5. The maximum absolute atomic E-state index is 11.9. The number of hydrogen-bond donors (Lipinski definition) is 2. The molecule has 0 saturated heterocycles. The van der Waals surface area contributed by atoms with E-state index in [4.69, 9.17) is 4.98 Å². The lowest BCUT2D eigenvalue weighted by molar-refractivity contribution is 0.669. The number of aromatic nitrogens is 6. The Morgan fingerprint density at radius 2 is 1.97 bits per heavy atom. The van der Waals surface area contributed by atoms with Gasteiger partial charge in [0, 0.05) is 47.2 Å². The molecule has 0 bridgehead atoms. The molecule has 0 atom stereocenters. The van der Waals surface area contributed by atoms with Crippen molar-refractivity contribution in [3.8, 4) is 17.1 Å². The highest BCUT2D eigenvalue weighted by atomic mass is 16.1. The molecule has 8 nitrogen and oxygen atoms in total. The molecule has 33 heavy (non-hydrogen) atoms. The molecule has 0 spiro atoms. The number of fused-ring (bicyclic) bond motifs is 1. The third-order valence-corrected chi connectivity index (χ3v) is 6.02. The van der Waals surface area contributed by atoms with E-state index in [9.17, 15) is 4.79 Å². The van der Waals surface area contributed by atoms with Gasteiger partial charge in [0.2, 0.25) is 5.95 Å². The Hall–Kier alpha value is -4.20. The first kappa shape index (κ1) is 19.5. The lowest BCUT2D eigenvalue weighted by atomic mass is 10.1. The molecule has 0 aliphatic heterocycles. The molecule has 1 saturated carbocycles. The molecule has 164 valence electrons. The monoisotopic (exact) mass is 437 g/mol. The second-order valence-corrected chi connectivity index (χ2v) is 8.34. The SMILES string of the molecule is CCn1nc(-c2ccc(-n3cnc(C4CC4)c3)cc2)nc1Nc1ccc2c(=O)[nH]ccc2c1. The summed E-state index contributed by atoms with van der Waals surface area (Å²) < 4.78 is 3.90. The number of aromatic amines is 1. The fourth-order valence-corrected chi connectivity index (χ4v) is 4.03. The molecule has 0 unspecified atom stereocenters. The predicted molar refractivity (Wildman–Crippen MR) is 128 cm³/mol. The molecule has 2 aromatic carbocycles. The summed E-state index contributed by atoms with van der Waals surface area (Å²) in [6.45, 7) is 2.71. The van der Waals surface area contributed by atoms with Gasteiger partial charge in [-0.2, -0.15) is 4.98 Å². The molecule has 2 N–H and O–H groups in total. The first-order chi connectivity index (χ1) is 16.2. The Morgan fingerprint density at radius 3 is 2.76 bits per heavy atom. The van der Waals surface area contributed by atoms with Gasteiger partial charge in [-0.1, -0.05) is 0 Å². The first-order valence-electron chi connectivity index (χ1n) is 11.2. The van der Waals surface area contributed by atoms with E-state index in [-0.39, 0.29) is 5.56 Å². The summed E-state index contributed by atoms with van der Waals surface area (Å²) in [5.74, 6) is 1.96. The minimum absolute atomic E-state index is 0.0963. The normalized spacial score (nSPS) is 13.5. The van der Waals surface area contributed by atoms with Crippen molar-refractivity contribution in [2.45, 2.75) is 32.2 Å². The third kappa shape index (κ3) is 3.69. The van der Waals surface area contributed by atoms with E-state index in [1.807, 2.05) is 54.3 Å². The number of benzene rings is 2. The van der Waals surface area contributed by atoms with Gasteiger partial charge in [0.25, 0.3) is 5.56 Å². The van der Waals surface area contributed by atoms with Gasteiger partial charge in [-0.05, 0) is 73.7 Å². The second kappa shape index (κ2) is 7.74. The molecule has 0 amide bonds. The van der Waals surface area contributed by atoms with E-state index in [1.165, 1.54) is 18.5 Å². The van der Waals surface area contributed by atoms with Gasteiger partial charge in [0.05, 0.1) is 12.0 Å². The van der Waals surface area contributed by atoms with Crippen LogP contribution in [0, 0.1) is 0 Å². The molecule has 1 aliphatic carbocycles. The number of imidazole rings is 1. The number of aryl methyl sites for hydroxylation is 1. The van der Waals surface area contributed by atoms with Crippen molar-refractivity contribution in [3.63, 3.8) is 0 Å². The Balaban J connectivity index is 1.26. The van der Waals surface area contributed by atoms with E-state index in [0.29, 0.717) is 29.6 Å². The lowest BCUT2D eigenvalue weighted by Gasteiger charge is -2.07. The van der Waals surface area contributed by atoms with E-state index < -0.39 is 0 Å². The highest BCUT2D eigenvalue weighted by molar-refractivity contribution is 5.85. The van der Waals surface area contributed by atoms with Crippen LogP contribution in [0.3, 0.4) is 0 Å². The molecule has 0 radical (unpaired) electrons. The Labute approximate surface area is 189 Å². The van der Waals surface area contributed by atoms with Crippen LogP contribution in [0.5, 0.6) is 0 Å². The number of H-pyrrole nitrogens is 1. The van der Waals surface area contributed by atoms with Gasteiger partial charge < -0.3 is 14.9 Å². The van der Waals surface area contributed by atoms with Crippen molar-refractivity contribution in [3.05, 3.63) is 83.3 Å². The van der Waals surface area contributed by atoms with Crippen LogP contribution >= 0.6 is 0 Å². The van der Waals surface area contributed by atoms with E-state index in [0.717, 1.165) is 22.3 Å². The molecule has 5 aromatic rings. The standard InChI is InChI=1S/C25H23N7O/c1-2-32-25(28-19-7-10-21-18(13-19)11-12-26-24(21)33)29-23(30-32)17-5-8-20(9-6-17)31-14-22(27-15-31)16-3-4-16/h5-16H,2-4H2,1H3,(H,26,33)(H,28,29,30). The zero-order chi connectivity index (χ0) is 22.4. The summed E-state index contributed by atoms with van der Waals surface area (Å²) in [5, 5.41) is 9.55. The van der Waals surface area contributed by atoms with Gasteiger partial charge in [-0.15, -0.1) is 5.10 Å².